The molecule has 3 aromatic carbocycles. The Kier molecular flexibility index (Phi) is 7.27. The minimum Gasteiger partial charge on any atom is -0.480 e. The number of carboxylic acid groups (broad SMARTS) is 1. The van der Waals surface area contributed by atoms with E-state index in [0.29, 0.717) is 0 Å². The maximum atomic E-state index is 13.1. The first-order chi connectivity index (χ1) is 14.6. The van der Waals surface area contributed by atoms with Crippen molar-refractivity contribution in [3.63, 3.8) is 0 Å². The van der Waals surface area contributed by atoms with E-state index in [0.717, 1.165) is 16.7 Å². The molecule has 0 bridgehead atoms. The lowest BCUT2D eigenvalue weighted by Crippen LogP contribution is -2.49. The summed E-state index contributed by atoms with van der Waals surface area (Å²) in [5, 5.41) is 12.6. The van der Waals surface area contributed by atoms with Gasteiger partial charge >= 0.3 is 5.97 Å². The summed E-state index contributed by atoms with van der Waals surface area (Å²) in [5.74, 6) is -1.43. The lowest BCUT2D eigenvalue weighted by atomic mass is 9.77. The van der Waals surface area contributed by atoms with Gasteiger partial charge in [-0.1, -0.05) is 103 Å². The van der Waals surface area contributed by atoms with Gasteiger partial charge < -0.3 is 10.4 Å². The highest BCUT2D eigenvalue weighted by Crippen LogP contribution is 2.36. The molecule has 1 atom stereocenters. The van der Waals surface area contributed by atoms with Crippen molar-refractivity contribution in [2.75, 3.05) is 6.26 Å². The van der Waals surface area contributed by atoms with Crippen LogP contribution in [0.4, 0.5) is 0 Å². The zero-order chi connectivity index (χ0) is 21.4. The fourth-order valence-electron chi connectivity index (χ4n) is 3.55. The molecule has 0 saturated carbocycles. The SMILES string of the molecule is CSNC(CC(=O)NC(c1ccccc1)(c1ccccc1)c1ccccc1)C(=O)O. The summed E-state index contributed by atoms with van der Waals surface area (Å²) in [6.45, 7) is 0. The van der Waals surface area contributed by atoms with Crippen molar-refractivity contribution in [1.29, 1.82) is 0 Å². The Morgan fingerprint density at radius 1 is 0.833 bits per heavy atom. The topological polar surface area (TPSA) is 78.4 Å². The van der Waals surface area contributed by atoms with Gasteiger partial charge in [-0.3, -0.25) is 9.59 Å². The van der Waals surface area contributed by atoms with Gasteiger partial charge in [-0.15, -0.1) is 0 Å². The standard InChI is InChI=1S/C24H24N2O3S/c1-30-26-21(23(28)29)17-22(27)25-24(18-11-5-2-6-12-18,19-13-7-3-8-14-19)20-15-9-4-10-16-20/h2-16,21,26H,17H2,1H3,(H,25,27)(H,28,29). The smallest absolute Gasteiger partial charge is 0.322 e. The van der Waals surface area contributed by atoms with E-state index in [9.17, 15) is 14.7 Å². The van der Waals surface area contributed by atoms with E-state index >= 15 is 0 Å². The Morgan fingerprint density at radius 3 is 1.57 bits per heavy atom. The quantitative estimate of drug-likeness (QED) is 0.362. The van der Waals surface area contributed by atoms with Crippen LogP contribution in [0.25, 0.3) is 0 Å². The molecule has 0 aliphatic rings. The molecule has 0 spiro atoms. The highest BCUT2D eigenvalue weighted by atomic mass is 32.2. The third kappa shape index (κ3) is 4.72. The Morgan fingerprint density at radius 2 is 1.23 bits per heavy atom. The van der Waals surface area contributed by atoms with Crippen LogP contribution in [0.5, 0.6) is 0 Å². The molecular weight excluding hydrogens is 396 g/mol. The molecule has 3 N–H and O–H groups in total. The fraction of sp³-hybridized carbons (Fsp3) is 0.167. The van der Waals surface area contributed by atoms with Crippen molar-refractivity contribution in [2.45, 2.75) is 18.0 Å². The van der Waals surface area contributed by atoms with Gasteiger partial charge in [0.1, 0.15) is 11.6 Å². The van der Waals surface area contributed by atoms with Gasteiger partial charge in [0.2, 0.25) is 5.91 Å². The summed E-state index contributed by atoms with van der Waals surface area (Å²) >= 11 is 1.18. The van der Waals surface area contributed by atoms with Crippen molar-refractivity contribution in [1.82, 2.24) is 10.0 Å². The molecule has 3 aromatic rings. The summed E-state index contributed by atoms with van der Waals surface area (Å²) in [6, 6.07) is 28.2. The largest absolute Gasteiger partial charge is 0.480 e. The van der Waals surface area contributed by atoms with Crippen LogP contribution in [-0.2, 0) is 15.1 Å². The van der Waals surface area contributed by atoms with E-state index in [4.69, 9.17) is 0 Å². The monoisotopic (exact) mass is 420 g/mol. The Balaban J connectivity index is 2.12. The first kappa shape index (κ1) is 21.6. The molecule has 154 valence electrons. The zero-order valence-electron chi connectivity index (χ0n) is 16.6. The van der Waals surface area contributed by atoms with Gasteiger partial charge in [-0.2, -0.15) is 0 Å². The first-order valence-electron chi connectivity index (χ1n) is 9.57. The molecule has 0 fully saturated rings. The van der Waals surface area contributed by atoms with Crippen LogP contribution in [0.1, 0.15) is 23.1 Å². The molecule has 5 nitrogen and oxygen atoms in total. The molecule has 6 heteroatoms. The summed E-state index contributed by atoms with van der Waals surface area (Å²) in [7, 11) is 0. The summed E-state index contributed by atoms with van der Waals surface area (Å²) < 4.78 is 2.77. The normalized spacial score (nSPS) is 12.2. The molecule has 0 heterocycles. The third-order valence-corrected chi connectivity index (χ3v) is 5.42. The van der Waals surface area contributed by atoms with Crippen LogP contribution in [0.2, 0.25) is 0 Å². The highest BCUT2D eigenvalue weighted by Gasteiger charge is 2.38. The number of carboxylic acids is 1. The van der Waals surface area contributed by atoms with Crippen LogP contribution in [-0.4, -0.2) is 29.3 Å². The number of carbonyl (C=O) groups is 2. The van der Waals surface area contributed by atoms with Gasteiger partial charge in [0.15, 0.2) is 0 Å². The second kappa shape index (κ2) is 10.1. The summed E-state index contributed by atoms with van der Waals surface area (Å²) in [5.41, 5.74) is 1.71. The van der Waals surface area contributed by atoms with E-state index in [-0.39, 0.29) is 12.3 Å². The summed E-state index contributed by atoms with van der Waals surface area (Å²) in [6.07, 6.45) is 1.54. The Labute approximate surface area is 180 Å². The third-order valence-electron chi connectivity index (χ3n) is 4.90. The fourth-order valence-corrected chi connectivity index (χ4v) is 4.02. The van der Waals surface area contributed by atoms with Crippen LogP contribution < -0.4 is 10.0 Å². The predicted molar refractivity (Wildman–Crippen MR) is 120 cm³/mol. The second-order valence-electron chi connectivity index (χ2n) is 6.81. The number of carbonyl (C=O) groups excluding carboxylic acids is 1. The number of aliphatic carboxylic acids is 1. The van der Waals surface area contributed by atoms with Crippen LogP contribution in [0.15, 0.2) is 91.0 Å². The highest BCUT2D eigenvalue weighted by molar-refractivity contribution is 7.96. The molecular formula is C24H24N2O3S. The summed E-state index contributed by atoms with van der Waals surface area (Å²) in [4.78, 5) is 24.7. The van der Waals surface area contributed by atoms with Gasteiger partial charge in [0.05, 0.1) is 6.42 Å². The van der Waals surface area contributed by atoms with Crippen LogP contribution >= 0.6 is 11.9 Å². The number of benzene rings is 3. The number of nitrogens with one attached hydrogen (secondary N) is 2. The average molecular weight is 421 g/mol. The minimum absolute atomic E-state index is 0.190. The van der Waals surface area contributed by atoms with E-state index in [1.165, 1.54) is 11.9 Å². The molecule has 0 aliphatic heterocycles. The number of rotatable bonds is 9. The van der Waals surface area contributed by atoms with E-state index < -0.39 is 17.6 Å². The van der Waals surface area contributed by atoms with Crippen LogP contribution in [0.3, 0.4) is 0 Å². The zero-order valence-corrected chi connectivity index (χ0v) is 17.4. The van der Waals surface area contributed by atoms with E-state index in [1.54, 1.807) is 6.26 Å². The first-order valence-corrected chi connectivity index (χ1v) is 10.8. The molecule has 0 aromatic heterocycles. The maximum Gasteiger partial charge on any atom is 0.322 e. The molecule has 1 unspecified atom stereocenters. The molecule has 0 radical (unpaired) electrons. The minimum atomic E-state index is -1.07. The predicted octanol–water partition coefficient (Wildman–Crippen LogP) is 3.81. The Hall–Kier alpha value is -3.09. The lowest BCUT2D eigenvalue weighted by Gasteiger charge is -2.37. The number of amides is 1. The van der Waals surface area contributed by atoms with Gasteiger partial charge in [-0.25, -0.2) is 4.72 Å². The second-order valence-corrected chi connectivity index (χ2v) is 7.46. The number of hydrogen-bond acceptors (Lipinski definition) is 4. The molecule has 30 heavy (non-hydrogen) atoms. The maximum absolute atomic E-state index is 13.1. The lowest BCUT2D eigenvalue weighted by molar-refractivity contribution is -0.141. The van der Waals surface area contributed by atoms with Crippen molar-refractivity contribution in [3.8, 4) is 0 Å². The van der Waals surface area contributed by atoms with E-state index in [1.807, 2.05) is 91.0 Å². The van der Waals surface area contributed by atoms with Gasteiger partial charge in [-0.05, 0) is 22.9 Å². The average Bonchev–Trinajstić information content (AvgIpc) is 2.79. The van der Waals surface area contributed by atoms with E-state index in [2.05, 4.69) is 10.0 Å². The Bertz CT molecular complexity index is 869. The molecule has 0 saturated heterocycles. The molecule has 0 aliphatic carbocycles. The van der Waals surface area contributed by atoms with Gasteiger partial charge in [0, 0.05) is 0 Å². The molecule has 3 rings (SSSR count). The number of hydrogen-bond donors (Lipinski definition) is 3. The van der Waals surface area contributed by atoms with Crippen LogP contribution in [0, 0.1) is 0 Å². The van der Waals surface area contributed by atoms with Crippen molar-refractivity contribution >= 4 is 23.8 Å². The van der Waals surface area contributed by atoms with Gasteiger partial charge in [0.25, 0.3) is 0 Å². The van der Waals surface area contributed by atoms with Crippen molar-refractivity contribution in [3.05, 3.63) is 108 Å². The van der Waals surface area contributed by atoms with Crippen molar-refractivity contribution < 1.29 is 14.7 Å². The van der Waals surface area contributed by atoms with Crippen molar-refractivity contribution in [2.24, 2.45) is 0 Å². The molecule has 1 amide bonds.